The minimum absolute atomic E-state index is 0.00968. The molecule has 0 fully saturated rings. The third-order valence-corrected chi connectivity index (χ3v) is 4.25. The van der Waals surface area contributed by atoms with Gasteiger partial charge in [-0.1, -0.05) is 12.1 Å². The predicted molar refractivity (Wildman–Crippen MR) is 99.5 cm³/mol. The van der Waals surface area contributed by atoms with Crippen LogP contribution in [-0.4, -0.2) is 30.1 Å². The Bertz CT molecular complexity index is 1010. The maximum Gasteiger partial charge on any atom is 0.287 e. The van der Waals surface area contributed by atoms with E-state index in [1.807, 2.05) is 24.3 Å². The van der Waals surface area contributed by atoms with E-state index in [1.54, 1.807) is 24.3 Å². The predicted octanol–water partition coefficient (Wildman–Crippen LogP) is 3.42. The minimum Gasteiger partial charge on any atom is -0.486 e. The van der Waals surface area contributed by atoms with Crippen molar-refractivity contribution >= 4 is 11.6 Å². The van der Waals surface area contributed by atoms with Gasteiger partial charge in [0.2, 0.25) is 0 Å². The Morgan fingerprint density at radius 2 is 1.82 bits per heavy atom. The summed E-state index contributed by atoms with van der Waals surface area (Å²) < 4.78 is 17.0. The number of amides is 1. The second-order valence-corrected chi connectivity index (χ2v) is 6.18. The molecule has 0 aliphatic carbocycles. The number of para-hydroxylation sites is 2. The number of carbonyl (C=O) groups excluding carboxylic acids is 1. The molecule has 1 aliphatic heterocycles. The van der Waals surface area contributed by atoms with Gasteiger partial charge in [0, 0.05) is 17.7 Å². The van der Waals surface area contributed by atoms with Crippen molar-refractivity contribution in [3.05, 3.63) is 76.5 Å². The molecule has 0 unspecified atom stereocenters. The lowest BCUT2D eigenvalue weighted by molar-refractivity contribution is -0.384. The molecular formula is C20H16N2O6. The number of non-ortho nitro benzene ring substituents is 1. The van der Waals surface area contributed by atoms with E-state index in [-0.39, 0.29) is 30.0 Å². The highest BCUT2D eigenvalue weighted by molar-refractivity contribution is 5.92. The number of nitro benzene ring substituents is 1. The molecule has 0 saturated heterocycles. The summed E-state index contributed by atoms with van der Waals surface area (Å²) in [5, 5.41) is 13.5. The molecule has 0 spiro atoms. The Morgan fingerprint density at radius 3 is 2.57 bits per heavy atom. The van der Waals surface area contributed by atoms with E-state index >= 15 is 0 Å². The fourth-order valence-electron chi connectivity index (χ4n) is 2.82. The second kappa shape index (κ2) is 7.43. The molecule has 0 radical (unpaired) electrons. The number of furan rings is 1. The van der Waals surface area contributed by atoms with Crippen LogP contribution in [0.15, 0.2) is 65.1 Å². The van der Waals surface area contributed by atoms with Crippen LogP contribution in [0.25, 0.3) is 11.3 Å². The lowest BCUT2D eigenvalue weighted by Crippen LogP contribution is -2.40. The van der Waals surface area contributed by atoms with Crippen LogP contribution in [0.1, 0.15) is 10.6 Å². The fourth-order valence-corrected chi connectivity index (χ4v) is 2.82. The van der Waals surface area contributed by atoms with Gasteiger partial charge in [-0.2, -0.15) is 0 Å². The van der Waals surface area contributed by atoms with E-state index in [0.29, 0.717) is 29.4 Å². The average molecular weight is 380 g/mol. The average Bonchev–Trinajstić information content (AvgIpc) is 3.22. The van der Waals surface area contributed by atoms with Crippen LogP contribution in [0, 0.1) is 10.1 Å². The van der Waals surface area contributed by atoms with E-state index in [4.69, 9.17) is 13.9 Å². The molecule has 8 heteroatoms. The van der Waals surface area contributed by atoms with Crippen LogP contribution < -0.4 is 14.8 Å². The van der Waals surface area contributed by atoms with Gasteiger partial charge in [-0.05, 0) is 36.4 Å². The van der Waals surface area contributed by atoms with Crippen LogP contribution in [0.4, 0.5) is 5.69 Å². The number of ether oxygens (including phenoxy) is 2. The zero-order chi connectivity index (χ0) is 19.5. The third kappa shape index (κ3) is 3.66. The second-order valence-electron chi connectivity index (χ2n) is 6.18. The zero-order valence-electron chi connectivity index (χ0n) is 14.7. The Morgan fingerprint density at radius 1 is 1.07 bits per heavy atom. The first kappa shape index (κ1) is 17.6. The lowest BCUT2D eigenvalue weighted by atomic mass is 10.1. The van der Waals surface area contributed by atoms with Gasteiger partial charge in [0.1, 0.15) is 18.5 Å². The maximum atomic E-state index is 12.3. The van der Waals surface area contributed by atoms with Gasteiger partial charge in [-0.25, -0.2) is 0 Å². The summed E-state index contributed by atoms with van der Waals surface area (Å²) in [7, 11) is 0. The fraction of sp³-hybridized carbons (Fsp3) is 0.150. The first-order valence-electron chi connectivity index (χ1n) is 8.61. The molecule has 0 bridgehead atoms. The topological polar surface area (TPSA) is 104 Å². The highest BCUT2D eigenvalue weighted by atomic mass is 16.6. The molecule has 8 nitrogen and oxygen atoms in total. The number of nitrogens with one attached hydrogen (secondary N) is 1. The summed E-state index contributed by atoms with van der Waals surface area (Å²) in [6.45, 7) is 0.601. The standard InChI is InChI=1S/C20H16N2O6/c23-20(21-11-15-12-26-17-3-1-2-4-18(17)27-15)19-10-9-16(28-19)13-5-7-14(8-6-13)22(24)25/h1-10,15H,11-12H2,(H,21,23)/t15-/m0/s1. The smallest absolute Gasteiger partial charge is 0.287 e. The molecule has 0 saturated carbocycles. The number of nitrogens with zero attached hydrogens (tertiary/aromatic N) is 1. The van der Waals surface area contributed by atoms with Gasteiger partial charge in [0.15, 0.2) is 17.3 Å². The number of nitro groups is 1. The number of fused-ring (bicyclic) bond motifs is 1. The van der Waals surface area contributed by atoms with Crippen LogP contribution in [0.3, 0.4) is 0 Å². The minimum atomic E-state index is -0.472. The molecule has 3 aromatic rings. The van der Waals surface area contributed by atoms with Gasteiger partial charge in [0.25, 0.3) is 11.6 Å². The number of benzene rings is 2. The van der Waals surface area contributed by atoms with E-state index in [1.165, 1.54) is 12.1 Å². The molecule has 1 atom stereocenters. The Kier molecular flexibility index (Phi) is 4.67. The third-order valence-electron chi connectivity index (χ3n) is 4.25. The number of hydrogen-bond acceptors (Lipinski definition) is 6. The summed E-state index contributed by atoms with van der Waals surface area (Å²) >= 11 is 0. The van der Waals surface area contributed by atoms with Gasteiger partial charge >= 0.3 is 0 Å². The molecule has 1 amide bonds. The maximum absolute atomic E-state index is 12.3. The molecule has 142 valence electrons. The lowest BCUT2D eigenvalue weighted by Gasteiger charge is -2.26. The Hall–Kier alpha value is -3.81. The SMILES string of the molecule is O=C(NC[C@H]1COc2ccccc2O1)c1ccc(-c2ccc([N+](=O)[O-])cc2)o1. The van der Waals surface area contributed by atoms with Crippen LogP contribution in [0.2, 0.25) is 0 Å². The highest BCUT2D eigenvalue weighted by Crippen LogP contribution is 2.30. The Balaban J connectivity index is 1.36. The van der Waals surface area contributed by atoms with Crippen molar-refractivity contribution in [2.45, 2.75) is 6.10 Å². The number of carbonyl (C=O) groups is 1. The summed E-state index contributed by atoms with van der Waals surface area (Å²) in [4.78, 5) is 22.6. The molecule has 1 aliphatic rings. The van der Waals surface area contributed by atoms with Crippen molar-refractivity contribution in [2.24, 2.45) is 0 Å². The molecule has 4 rings (SSSR count). The summed E-state index contributed by atoms with van der Waals surface area (Å²) in [5.41, 5.74) is 0.634. The van der Waals surface area contributed by atoms with Gasteiger partial charge in [-0.15, -0.1) is 0 Å². The quantitative estimate of drug-likeness (QED) is 0.537. The van der Waals surface area contributed by atoms with E-state index in [0.717, 1.165) is 0 Å². The molecule has 1 aromatic heterocycles. The van der Waals surface area contributed by atoms with Crippen molar-refractivity contribution in [1.29, 1.82) is 0 Å². The normalized spacial score (nSPS) is 15.1. The Labute approximate surface area is 159 Å². The highest BCUT2D eigenvalue weighted by Gasteiger charge is 2.22. The molecule has 28 heavy (non-hydrogen) atoms. The van der Waals surface area contributed by atoms with Crippen molar-refractivity contribution in [3.8, 4) is 22.8 Å². The summed E-state index contributed by atoms with van der Waals surface area (Å²) in [6, 6.07) is 16.5. The van der Waals surface area contributed by atoms with E-state index in [9.17, 15) is 14.9 Å². The zero-order valence-corrected chi connectivity index (χ0v) is 14.7. The van der Waals surface area contributed by atoms with Crippen molar-refractivity contribution < 1.29 is 23.6 Å². The van der Waals surface area contributed by atoms with Crippen LogP contribution in [-0.2, 0) is 0 Å². The first-order valence-corrected chi connectivity index (χ1v) is 8.61. The van der Waals surface area contributed by atoms with E-state index in [2.05, 4.69) is 5.32 Å². The number of hydrogen-bond donors (Lipinski definition) is 1. The van der Waals surface area contributed by atoms with Crippen molar-refractivity contribution in [2.75, 3.05) is 13.2 Å². The monoisotopic (exact) mass is 380 g/mol. The molecule has 2 aromatic carbocycles. The molecule has 1 N–H and O–H groups in total. The molecular weight excluding hydrogens is 364 g/mol. The van der Waals surface area contributed by atoms with Crippen LogP contribution >= 0.6 is 0 Å². The van der Waals surface area contributed by atoms with Gasteiger partial charge in [0.05, 0.1) is 11.5 Å². The van der Waals surface area contributed by atoms with Crippen LogP contribution in [0.5, 0.6) is 11.5 Å². The summed E-state index contributed by atoms with van der Waals surface area (Å²) in [5.74, 6) is 1.54. The first-order chi connectivity index (χ1) is 13.6. The largest absolute Gasteiger partial charge is 0.486 e. The van der Waals surface area contributed by atoms with Crippen molar-refractivity contribution in [3.63, 3.8) is 0 Å². The van der Waals surface area contributed by atoms with Gasteiger partial charge < -0.3 is 19.2 Å². The van der Waals surface area contributed by atoms with E-state index < -0.39 is 4.92 Å². The van der Waals surface area contributed by atoms with Gasteiger partial charge in [-0.3, -0.25) is 14.9 Å². The summed E-state index contributed by atoms with van der Waals surface area (Å²) in [6.07, 6.45) is -0.303. The molecule has 2 heterocycles. The number of rotatable bonds is 5. The van der Waals surface area contributed by atoms with Crippen molar-refractivity contribution in [1.82, 2.24) is 5.32 Å².